The molecule has 0 aliphatic carbocycles. The third-order valence-corrected chi connectivity index (χ3v) is 3.38. The molecule has 1 rings (SSSR count). The summed E-state index contributed by atoms with van der Waals surface area (Å²) in [5, 5.41) is 3.32. The van der Waals surface area contributed by atoms with Crippen molar-refractivity contribution in [2.75, 3.05) is 11.1 Å². The summed E-state index contributed by atoms with van der Waals surface area (Å²) in [4.78, 5) is 0. The van der Waals surface area contributed by atoms with Crippen molar-refractivity contribution in [2.24, 2.45) is 0 Å². The Hall–Kier alpha value is -0.960. The number of hydrogen-bond donors (Lipinski definition) is 2. The van der Waals surface area contributed by atoms with Gasteiger partial charge in [-0.15, -0.1) is 0 Å². The predicted octanol–water partition coefficient (Wildman–Crippen LogP) is 4.05. The molecule has 0 aromatic heterocycles. The number of halogens is 2. The van der Waals surface area contributed by atoms with E-state index in [0.717, 1.165) is 12.8 Å². The summed E-state index contributed by atoms with van der Waals surface area (Å²) < 4.78 is 13.3. The molecule has 1 aromatic carbocycles. The number of rotatable bonds is 4. The molecule has 2 nitrogen and oxygen atoms in total. The first kappa shape index (κ1) is 13.1. The van der Waals surface area contributed by atoms with Gasteiger partial charge in [0.15, 0.2) is 0 Å². The number of anilines is 2. The Kier molecular flexibility index (Phi) is 4.03. The smallest absolute Gasteiger partial charge is 0.143 e. The second-order valence-electron chi connectivity index (χ2n) is 4.25. The number of hydrogen-bond acceptors (Lipinski definition) is 2. The van der Waals surface area contributed by atoms with Crippen molar-refractivity contribution in [3.63, 3.8) is 0 Å². The van der Waals surface area contributed by atoms with Crippen LogP contribution in [-0.4, -0.2) is 5.54 Å². The van der Waals surface area contributed by atoms with Gasteiger partial charge in [0.1, 0.15) is 5.82 Å². The Balaban J connectivity index is 3.01. The Morgan fingerprint density at radius 3 is 2.44 bits per heavy atom. The molecule has 0 saturated heterocycles. The fourth-order valence-corrected chi connectivity index (χ4v) is 1.59. The van der Waals surface area contributed by atoms with E-state index in [1.165, 1.54) is 12.1 Å². The van der Waals surface area contributed by atoms with Gasteiger partial charge in [0.05, 0.1) is 16.4 Å². The largest absolute Gasteiger partial charge is 0.397 e. The van der Waals surface area contributed by atoms with Gasteiger partial charge in [0, 0.05) is 11.6 Å². The van der Waals surface area contributed by atoms with E-state index in [1.54, 1.807) is 0 Å². The summed E-state index contributed by atoms with van der Waals surface area (Å²) >= 11 is 5.64. The SMILES string of the molecule is CCC(C)(CC)Nc1cc(F)c(Cl)cc1N. The molecule has 0 amide bonds. The molecule has 0 fully saturated rings. The van der Waals surface area contributed by atoms with Crippen LogP contribution in [0.1, 0.15) is 33.6 Å². The number of benzene rings is 1. The minimum absolute atomic E-state index is 0.0535. The minimum atomic E-state index is -0.451. The summed E-state index contributed by atoms with van der Waals surface area (Å²) in [5.74, 6) is -0.451. The summed E-state index contributed by atoms with van der Waals surface area (Å²) in [6.07, 6.45) is 1.88. The summed E-state index contributed by atoms with van der Waals surface area (Å²) in [7, 11) is 0. The van der Waals surface area contributed by atoms with Gasteiger partial charge >= 0.3 is 0 Å². The van der Waals surface area contributed by atoms with Gasteiger partial charge in [0.25, 0.3) is 0 Å². The van der Waals surface area contributed by atoms with Crippen molar-refractivity contribution < 1.29 is 4.39 Å². The van der Waals surface area contributed by atoms with Crippen LogP contribution in [0, 0.1) is 5.82 Å². The second-order valence-corrected chi connectivity index (χ2v) is 4.65. The van der Waals surface area contributed by atoms with Gasteiger partial charge in [0.2, 0.25) is 0 Å². The normalized spacial score (nSPS) is 11.6. The highest BCUT2D eigenvalue weighted by atomic mass is 35.5. The van der Waals surface area contributed by atoms with E-state index in [2.05, 4.69) is 26.1 Å². The van der Waals surface area contributed by atoms with Crippen LogP contribution in [0.2, 0.25) is 5.02 Å². The highest BCUT2D eigenvalue weighted by molar-refractivity contribution is 6.31. The molecule has 0 heterocycles. The maximum absolute atomic E-state index is 13.3. The number of nitrogen functional groups attached to an aromatic ring is 1. The Bertz CT molecular complexity index is 376. The zero-order chi connectivity index (χ0) is 12.3. The van der Waals surface area contributed by atoms with Crippen LogP contribution in [0.25, 0.3) is 0 Å². The minimum Gasteiger partial charge on any atom is -0.397 e. The van der Waals surface area contributed by atoms with Gasteiger partial charge in [-0.3, -0.25) is 0 Å². The number of nitrogens with two attached hydrogens (primary N) is 1. The van der Waals surface area contributed by atoms with Crippen molar-refractivity contribution in [1.82, 2.24) is 0 Å². The average Bonchev–Trinajstić information content (AvgIpc) is 2.25. The van der Waals surface area contributed by atoms with E-state index in [9.17, 15) is 4.39 Å². The van der Waals surface area contributed by atoms with Crippen molar-refractivity contribution in [3.05, 3.63) is 23.0 Å². The lowest BCUT2D eigenvalue weighted by Crippen LogP contribution is -2.33. The first-order valence-electron chi connectivity index (χ1n) is 5.44. The maximum atomic E-state index is 13.3. The first-order valence-corrected chi connectivity index (χ1v) is 5.82. The van der Waals surface area contributed by atoms with Gasteiger partial charge < -0.3 is 11.1 Å². The van der Waals surface area contributed by atoms with Crippen LogP contribution >= 0.6 is 11.6 Å². The molecule has 0 atom stereocenters. The molecule has 1 aromatic rings. The highest BCUT2D eigenvalue weighted by Gasteiger charge is 2.20. The molecule has 0 aliphatic rings. The van der Waals surface area contributed by atoms with Crippen LogP contribution < -0.4 is 11.1 Å². The standard InChI is InChI=1S/C12H18ClFN2/c1-4-12(3,5-2)16-11-7-9(14)8(13)6-10(11)15/h6-7,16H,4-5,15H2,1-3H3. The quantitative estimate of drug-likeness (QED) is 0.784. The molecule has 0 bridgehead atoms. The van der Waals surface area contributed by atoms with E-state index in [-0.39, 0.29) is 10.6 Å². The van der Waals surface area contributed by atoms with Gasteiger partial charge in [-0.25, -0.2) is 4.39 Å². The Labute approximate surface area is 101 Å². The van der Waals surface area contributed by atoms with Gasteiger partial charge in [-0.1, -0.05) is 25.4 Å². The average molecular weight is 245 g/mol. The fraction of sp³-hybridized carbons (Fsp3) is 0.500. The molecule has 0 spiro atoms. The molecule has 0 aliphatic heterocycles. The maximum Gasteiger partial charge on any atom is 0.143 e. The fourth-order valence-electron chi connectivity index (χ4n) is 1.42. The second kappa shape index (κ2) is 4.91. The van der Waals surface area contributed by atoms with E-state index >= 15 is 0 Å². The van der Waals surface area contributed by atoms with Crippen LogP contribution in [0.5, 0.6) is 0 Å². The third kappa shape index (κ3) is 2.79. The van der Waals surface area contributed by atoms with Crippen molar-refractivity contribution in [3.8, 4) is 0 Å². The Morgan fingerprint density at radius 1 is 1.38 bits per heavy atom. The van der Waals surface area contributed by atoms with E-state index in [1.807, 2.05) is 0 Å². The zero-order valence-corrected chi connectivity index (χ0v) is 10.7. The molecule has 0 radical (unpaired) electrons. The Morgan fingerprint density at radius 2 is 1.94 bits per heavy atom. The topological polar surface area (TPSA) is 38.0 Å². The molecule has 16 heavy (non-hydrogen) atoms. The molecular formula is C12H18ClFN2. The van der Waals surface area contributed by atoms with Crippen LogP contribution in [0.15, 0.2) is 12.1 Å². The first-order chi connectivity index (χ1) is 7.41. The summed E-state index contributed by atoms with van der Waals surface area (Å²) in [6.45, 7) is 6.25. The predicted molar refractivity (Wildman–Crippen MR) is 68.4 cm³/mol. The summed E-state index contributed by atoms with van der Waals surface area (Å²) in [6, 6.07) is 2.78. The monoisotopic (exact) mass is 244 g/mol. The van der Waals surface area contributed by atoms with Crippen LogP contribution in [0.3, 0.4) is 0 Å². The molecule has 3 N–H and O–H groups in total. The van der Waals surface area contributed by atoms with Crippen molar-refractivity contribution in [1.29, 1.82) is 0 Å². The van der Waals surface area contributed by atoms with Crippen LogP contribution in [0.4, 0.5) is 15.8 Å². The number of nitrogens with one attached hydrogen (secondary N) is 1. The molecule has 0 unspecified atom stereocenters. The lowest BCUT2D eigenvalue weighted by molar-refractivity contribution is 0.478. The van der Waals surface area contributed by atoms with Crippen molar-refractivity contribution >= 4 is 23.0 Å². The third-order valence-electron chi connectivity index (χ3n) is 3.09. The zero-order valence-electron chi connectivity index (χ0n) is 9.90. The molecular weight excluding hydrogens is 227 g/mol. The lowest BCUT2D eigenvalue weighted by Gasteiger charge is -2.30. The van der Waals surface area contributed by atoms with E-state index < -0.39 is 5.82 Å². The lowest BCUT2D eigenvalue weighted by atomic mass is 9.95. The summed E-state index contributed by atoms with van der Waals surface area (Å²) in [5.41, 5.74) is 6.79. The van der Waals surface area contributed by atoms with Crippen LogP contribution in [-0.2, 0) is 0 Å². The van der Waals surface area contributed by atoms with Gasteiger partial charge in [-0.05, 0) is 25.8 Å². The highest BCUT2D eigenvalue weighted by Crippen LogP contribution is 2.30. The van der Waals surface area contributed by atoms with Crippen molar-refractivity contribution in [2.45, 2.75) is 39.2 Å². The van der Waals surface area contributed by atoms with Gasteiger partial charge in [-0.2, -0.15) is 0 Å². The molecule has 0 saturated carbocycles. The van der Waals surface area contributed by atoms with E-state index in [0.29, 0.717) is 11.4 Å². The molecule has 4 heteroatoms. The van der Waals surface area contributed by atoms with E-state index in [4.69, 9.17) is 17.3 Å². The molecule has 90 valence electrons.